The molecular weight excluding hydrogens is 332 g/mol. The van der Waals surface area contributed by atoms with Crippen molar-refractivity contribution in [1.82, 2.24) is 0 Å². The molecule has 1 unspecified atom stereocenters. The highest BCUT2D eigenvalue weighted by Gasteiger charge is 2.18. The van der Waals surface area contributed by atoms with E-state index in [0.29, 0.717) is 0 Å². The second-order valence-corrected chi connectivity index (χ2v) is 6.73. The Morgan fingerprint density at radius 1 is 1.05 bits per heavy atom. The topological polar surface area (TPSA) is 20.2 Å². The van der Waals surface area contributed by atoms with Gasteiger partial charge in [-0.25, -0.2) is 0 Å². The number of aliphatic hydroxyl groups is 1. The van der Waals surface area contributed by atoms with Gasteiger partial charge >= 0.3 is 0 Å². The van der Waals surface area contributed by atoms with Crippen molar-refractivity contribution in [2.75, 3.05) is 0 Å². The van der Waals surface area contributed by atoms with Crippen molar-refractivity contribution >= 4 is 37.4 Å². The zero-order valence-corrected chi connectivity index (χ0v) is 13.8. The third-order valence-electron chi connectivity index (χ3n) is 3.82. The minimum absolute atomic E-state index is 0.571. The van der Waals surface area contributed by atoms with E-state index in [0.717, 1.165) is 26.5 Å². The molecule has 102 valence electrons. The normalized spacial score (nSPS) is 12.8. The molecule has 0 radical (unpaired) electrons. The molecule has 0 saturated carbocycles. The number of fused-ring (bicyclic) bond motifs is 1. The standard InChI is InChI=1S/C17H15BrOS/c1-10-5-3-6-12(11(10)2)16(19)14-9-20-17-13(14)7-4-8-15(17)18/h3-9,16,19H,1-2H3. The number of rotatable bonds is 2. The van der Waals surface area contributed by atoms with Crippen molar-refractivity contribution in [3.8, 4) is 0 Å². The maximum Gasteiger partial charge on any atom is 0.106 e. The van der Waals surface area contributed by atoms with Crippen molar-refractivity contribution < 1.29 is 5.11 Å². The first-order valence-corrected chi connectivity index (χ1v) is 8.16. The van der Waals surface area contributed by atoms with Gasteiger partial charge in [0.15, 0.2) is 0 Å². The molecule has 3 heteroatoms. The summed E-state index contributed by atoms with van der Waals surface area (Å²) < 4.78 is 2.27. The van der Waals surface area contributed by atoms with Crippen LogP contribution < -0.4 is 0 Å². The van der Waals surface area contributed by atoms with Crippen molar-refractivity contribution in [3.05, 3.63) is 68.5 Å². The molecule has 1 nitrogen and oxygen atoms in total. The van der Waals surface area contributed by atoms with Gasteiger partial charge in [-0.2, -0.15) is 0 Å². The monoisotopic (exact) mass is 346 g/mol. The van der Waals surface area contributed by atoms with E-state index in [1.54, 1.807) is 11.3 Å². The first kappa shape index (κ1) is 13.8. The summed E-state index contributed by atoms with van der Waals surface area (Å²) >= 11 is 5.24. The predicted octanol–water partition coefficient (Wildman–Crippen LogP) is 5.36. The number of aryl methyl sites for hydroxylation is 1. The molecule has 0 aliphatic carbocycles. The first-order valence-electron chi connectivity index (χ1n) is 6.49. The van der Waals surface area contributed by atoms with Crippen molar-refractivity contribution in [2.24, 2.45) is 0 Å². The molecule has 2 aromatic carbocycles. The molecule has 1 aromatic heterocycles. The fourth-order valence-electron chi connectivity index (χ4n) is 2.49. The lowest BCUT2D eigenvalue weighted by molar-refractivity contribution is 0.221. The van der Waals surface area contributed by atoms with E-state index < -0.39 is 6.10 Å². The van der Waals surface area contributed by atoms with Crippen molar-refractivity contribution in [2.45, 2.75) is 20.0 Å². The van der Waals surface area contributed by atoms with E-state index in [9.17, 15) is 5.11 Å². The molecule has 20 heavy (non-hydrogen) atoms. The van der Waals surface area contributed by atoms with Crippen LogP contribution in [0.3, 0.4) is 0 Å². The van der Waals surface area contributed by atoms with Gasteiger partial charge in [-0.15, -0.1) is 11.3 Å². The summed E-state index contributed by atoms with van der Waals surface area (Å²) in [4.78, 5) is 0. The number of benzene rings is 2. The summed E-state index contributed by atoms with van der Waals surface area (Å²) in [5.74, 6) is 0. The van der Waals surface area contributed by atoms with Crippen molar-refractivity contribution in [3.63, 3.8) is 0 Å². The minimum Gasteiger partial charge on any atom is -0.384 e. The van der Waals surface area contributed by atoms with Crippen LogP contribution in [-0.4, -0.2) is 5.11 Å². The predicted molar refractivity (Wildman–Crippen MR) is 89.5 cm³/mol. The van der Waals surface area contributed by atoms with Crippen LogP contribution in [0.15, 0.2) is 46.3 Å². The van der Waals surface area contributed by atoms with Gasteiger partial charge in [0.05, 0.1) is 0 Å². The second-order valence-electron chi connectivity index (χ2n) is 5.00. The lowest BCUT2D eigenvalue weighted by atomic mass is 9.94. The molecule has 3 rings (SSSR count). The SMILES string of the molecule is Cc1cccc(C(O)c2csc3c(Br)cccc23)c1C. The lowest BCUT2D eigenvalue weighted by Gasteiger charge is -2.15. The molecule has 0 saturated heterocycles. The number of aliphatic hydroxyl groups excluding tert-OH is 1. The van der Waals surface area contributed by atoms with Crippen LogP contribution in [0.2, 0.25) is 0 Å². The molecule has 0 aliphatic rings. The van der Waals surface area contributed by atoms with Gasteiger partial charge < -0.3 is 5.11 Å². The number of halogens is 1. The van der Waals surface area contributed by atoms with Crippen LogP contribution in [-0.2, 0) is 0 Å². The van der Waals surface area contributed by atoms with E-state index in [-0.39, 0.29) is 0 Å². The van der Waals surface area contributed by atoms with Gasteiger partial charge in [-0.3, -0.25) is 0 Å². The Balaban J connectivity index is 2.16. The Hall–Kier alpha value is -1.16. The van der Waals surface area contributed by atoms with Crippen LogP contribution in [0, 0.1) is 13.8 Å². The lowest BCUT2D eigenvalue weighted by Crippen LogP contribution is -2.02. The summed E-state index contributed by atoms with van der Waals surface area (Å²) in [5, 5.41) is 13.9. The van der Waals surface area contributed by atoms with Gasteiger partial charge in [-0.1, -0.05) is 30.3 Å². The molecule has 0 amide bonds. The Kier molecular flexibility index (Phi) is 3.67. The van der Waals surface area contributed by atoms with Gasteiger partial charge in [0.25, 0.3) is 0 Å². The fourth-order valence-corrected chi connectivity index (χ4v) is 4.13. The average Bonchev–Trinajstić information content (AvgIpc) is 2.86. The third-order valence-corrected chi connectivity index (χ3v) is 5.79. The highest BCUT2D eigenvalue weighted by Crippen LogP contribution is 2.38. The van der Waals surface area contributed by atoms with Gasteiger partial charge in [0.1, 0.15) is 6.10 Å². The molecule has 0 spiro atoms. The third kappa shape index (κ3) is 2.20. The zero-order chi connectivity index (χ0) is 14.3. The van der Waals surface area contributed by atoms with Crippen LogP contribution in [0.25, 0.3) is 10.1 Å². The average molecular weight is 347 g/mol. The highest BCUT2D eigenvalue weighted by atomic mass is 79.9. The fraction of sp³-hybridized carbons (Fsp3) is 0.176. The first-order chi connectivity index (χ1) is 9.59. The summed E-state index contributed by atoms with van der Waals surface area (Å²) in [6, 6.07) is 12.2. The maximum absolute atomic E-state index is 10.8. The Morgan fingerprint density at radius 2 is 1.80 bits per heavy atom. The summed E-state index contributed by atoms with van der Waals surface area (Å²) in [5.41, 5.74) is 4.35. The highest BCUT2D eigenvalue weighted by molar-refractivity contribution is 9.10. The van der Waals surface area contributed by atoms with E-state index in [4.69, 9.17) is 0 Å². The molecule has 0 aliphatic heterocycles. The summed E-state index contributed by atoms with van der Waals surface area (Å²) in [6.07, 6.45) is -0.571. The molecule has 3 aromatic rings. The Morgan fingerprint density at radius 3 is 2.60 bits per heavy atom. The van der Waals surface area contributed by atoms with Crippen LogP contribution in [0.1, 0.15) is 28.4 Å². The number of hydrogen-bond acceptors (Lipinski definition) is 2. The molecular formula is C17H15BrOS. The van der Waals surface area contributed by atoms with Gasteiger partial charge in [-0.05, 0) is 63.3 Å². The largest absolute Gasteiger partial charge is 0.384 e. The summed E-state index contributed by atoms with van der Waals surface area (Å²) in [6.45, 7) is 4.15. The van der Waals surface area contributed by atoms with E-state index >= 15 is 0 Å². The molecule has 0 fully saturated rings. The minimum atomic E-state index is -0.571. The van der Waals surface area contributed by atoms with Crippen molar-refractivity contribution in [1.29, 1.82) is 0 Å². The van der Waals surface area contributed by atoms with Crippen LogP contribution in [0.5, 0.6) is 0 Å². The van der Waals surface area contributed by atoms with E-state index in [1.165, 1.54) is 10.3 Å². The molecule has 1 heterocycles. The van der Waals surface area contributed by atoms with Gasteiger partial charge in [0.2, 0.25) is 0 Å². The second kappa shape index (κ2) is 5.32. The van der Waals surface area contributed by atoms with Crippen LogP contribution >= 0.6 is 27.3 Å². The molecule has 0 bridgehead atoms. The van der Waals surface area contributed by atoms with Gasteiger partial charge in [0, 0.05) is 14.7 Å². The summed E-state index contributed by atoms with van der Waals surface area (Å²) in [7, 11) is 0. The number of hydrogen-bond donors (Lipinski definition) is 1. The Labute approximate surface area is 131 Å². The van der Waals surface area contributed by atoms with E-state index in [2.05, 4.69) is 47.3 Å². The smallest absolute Gasteiger partial charge is 0.106 e. The quantitative estimate of drug-likeness (QED) is 0.661. The van der Waals surface area contributed by atoms with Crippen LogP contribution in [0.4, 0.5) is 0 Å². The van der Waals surface area contributed by atoms with E-state index in [1.807, 2.05) is 24.3 Å². The number of thiophene rings is 1. The Bertz CT molecular complexity index is 776. The maximum atomic E-state index is 10.8. The zero-order valence-electron chi connectivity index (χ0n) is 11.4. The molecule has 1 N–H and O–H groups in total. The molecule has 1 atom stereocenters.